The highest BCUT2D eigenvalue weighted by Gasteiger charge is 1.97. The lowest BCUT2D eigenvalue weighted by Crippen LogP contribution is -1.86. The summed E-state index contributed by atoms with van der Waals surface area (Å²) < 4.78 is 0.656. The molecule has 0 spiro atoms. The Labute approximate surface area is 94.0 Å². The first-order valence-corrected chi connectivity index (χ1v) is 5.34. The van der Waals surface area contributed by atoms with Crippen LogP contribution in [0.4, 0.5) is 0 Å². The van der Waals surface area contributed by atoms with Crippen molar-refractivity contribution in [2.75, 3.05) is 0 Å². The van der Waals surface area contributed by atoms with Crippen LogP contribution in [0.2, 0.25) is 0 Å². The predicted molar refractivity (Wildman–Crippen MR) is 64.2 cm³/mol. The van der Waals surface area contributed by atoms with Crippen molar-refractivity contribution in [2.24, 2.45) is 0 Å². The molecule has 0 saturated heterocycles. The lowest BCUT2D eigenvalue weighted by Gasteiger charge is -2.01. The van der Waals surface area contributed by atoms with E-state index in [1.54, 1.807) is 6.20 Å². The quantitative estimate of drug-likeness (QED) is 0.780. The maximum atomic E-state index is 4.94. The van der Waals surface area contributed by atoms with E-state index in [1.807, 2.05) is 6.20 Å². The molecule has 0 bridgehead atoms. The molecule has 2 nitrogen and oxygen atoms in total. The van der Waals surface area contributed by atoms with Gasteiger partial charge in [-0.05, 0) is 12.0 Å². The van der Waals surface area contributed by atoms with E-state index in [0.29, 0.717) is 4.64 Å². The highest BCUT2D eigenvalue weighted by Crippen LogP contribution is 2.16. The molecule has 0 unspecified atom stereocenters. The second kappa shape index (κ2) is 4.36. The first-order valence-electron chi connectivity index (χ1n) is 4.93. The van der Waals surface area contributed by atoms with Crippen LogP contribution in [-0.2, 0) is 6.42 Å². The van der Waals surface area contributed by atoms with Gasteiger partial charge in [-0.2, -0.15) is 0 Å². The first-order chi connectivity index (χ1) is 7.29. The molecule has 3 heteroatoms. The van der Waals surface area contributed by atoms with Crippen molar-refractivity contribution < 1.29 is 0 Å². The Bertz CT molecular complexity index is 479. The fourth-order valence-corrected chi connectivity index (χ4v) is 1.52. The third-order valence-corrected chi connectivity index (χ3v) is 2.55. The Hall–Kier alpha value is -1.48. The molecule has 0 amide bonds. The highest BCUT2D eigenvalue weighted by molar-refractivity contribution is 7.71. The van der Waals surface area contributed by atoms with Gasteiger partial charge in [-0.25, -0.2) is 0 Å². The number of rotatable bonds is 2. The fraction of sp³-hybridized carbons (Fsp3) is 0.167. The second-order valence-electron chi connectivity index (χ2n) is 3.35. The van der Waals surface area contributed by atoms with Gasteiger partial charge in [0.1, 0.15) is 4.64 Å². The molecule has 1 heterocycles. The summed E-state index contributed by atoms with van der Waals surface area (Å²) in [6, 6.07) is 8.41. The Kier molecular flexibility index (Phi) is 2.92. The average Bonchev–Trinajstić information content (AvgIpc) is 2.30. The van der Waals surface area contributed by atoms with Gasteiger partial charge in [0.25, 0.3) is 0 Å². The molecule has 0 aliphatic heterocycles. The molecule has 0 aliphatic carbocycles. The standard InChI is InChI=1S/C12H12N2S/c1-2-9-3-5-10(6-4-9)11-7-14-12(15)8-13-11/h3-8H,2H2,1H3,(H,14,15). The summed E-state index contributed by atoms with van der Waals surface area (Å²) in [7, 11) is 0. The minimum Gasteiger partial charge on any atom is -0.350 e. The number of benzene rings is 1. The van der Waals surface area contributed by atoms with Crippen LogP contribution < -0.4 is 0 Å². The van der Waals surface area contributed by atoms with E-state index in [-0.39, 0.29) is 0 Å². The first kappa shape index (κ1) is 10.1. The van der Waals surface area contributed by atoms with Gasteiger partial charge in [0.15, 0.2) is 0 Å². The SMILES string of the molecule is CCc1ccc(-c2c[nH]c(=S)cn2)cc1. The molecule has 15 heavy (non-hydrogen) atoms. The predicted octanol–water partition coefficient (Wildman–Crippen LogP) is 3.37. The van der Waals surface area contributed by atoms with Crippen LogP contribution in [0.3, 0.4) is 0 Å². The normalized spacial score (nSPS) is 10.2. The zero-order valence-corrected chi connectivity index (χ0v) is 9.34. The lowest BCUT2D eigenvalue weighted by molar-refractivity contribution is 1.14. The smallest absolute Gasteiger partial charge is 0.121 e. The van der Waals surface area contributed by atoms with Crippen molar-refractivity contribution in [3.63, 3.8) is 0 Å². The van der Waals surface area contributed by atoms with E-state index >= 15 is 0 Å². The zero-order valence-electron chi connectivity index (χ0n) is 8.53. The molecule has 0 saturated carbocycles. The van der Waals surface area contributed by atoms with Crippen LogP contribution in [0.15, 0.2) is 36.7 Å². The fourth-order valence-electron chi connectivity index (χ4n) is 1.41. The second-order valence-corrected chi connectivity index (χ2v) is 3.79. The van der Waals surface area contributed by atoms with Crippen molar-refractivity contribution in [1.82, 2.24) is 9.97 Å². The van der Waals surface area contributed by atoms with Gasteiger partial charge in [-0.1, -0.05) is 43.4 Å². The number of aromatic amines is 1. The summed E-state index contributed by atoms with van der Waals surface area (Å²) in [5.41, 5.74) is 3.37. The summed E-state index contributed by atoms with van der Waals surface area (Å²) in [4.78, 5) is 7.25. The van der Waals surface area contributed by atoms with E-state index in [0.717, 1.165) is 17.7 Å². The summed E-state index contributed by atoms with van der Waals surface area (Å²) in [6.07, 6.45) is 4.56. The number of hydrogen-bond donors (Lipinski definition) is 1. The Balaban J connectivity index is 2.37. The molecule has 1 aromatic heterocycles. The summed E-state index contributed by atoms with van der Waals surface area (Å²) in [5.74, 6) is 0. The molecule has 76 valence electrons. The molecule has 0 fully saturated rings. The van der Waals surface area contributed by atoms with Gasteiger partial charge in [0.05, 0.1) is 11.9 Å². The van der Waals surface area contributed by atoms with Crippen molar-refractivity contribution in [3.05, 3.63) is 46.9 Å². The largest absolute Gasteiger partial charge is 0.350 e. The molecule has 2 rings (SSSR count). The molecular formula is C12H12N2S. The van der Waals surface area contributed by atoms with Crippen molar-refractivity contribution >= 4 is 12.2 Å². The molecule has 0 aliphatic rings. The van der Waals surface area contributed by atoms with Gasteiger partial charge < -0.3 is 4.98 Å². The van der Waals surface area contributed by atoms with Gasteiger partial charge in [0, 0.05) is 11.8 Å². The molecule has 2 aromatic rings. The van der Waals surface area contributed by atoms with Crippen LogP contribution in [0.25, 0.3) is 11.3 Å². The average molecular weight is 216 g/mol. The third kappa shape index (κ3) is 2.30. The van der Waals surface area contributed by atoms with E-state index in [9.17, 15) is 0 Å². The van der Waals surface area contributed by atoms with E-state index in [1.165, 1.54) is 5.56 Å². The number of aromatic nitrogens is 2. The summed E-state index contributed by atoms with van der Waals surface area (Å²) in [6.45, 7) is 2.15. The minimum absolute atomic E-state index is 0.656. The highest BCUT2D eigenvalue weighted by atomic mass is 32.1. The molecule has 1 aromatic carbocycles. The lowest BCUT2D eigenvalue weighted by atomic mass is 10.1. The topological polar surface area (TPSA) is 28.7 Å². The van der Waals surface area contributed by atoms with E-state index < -0.39 is 0 Å². The molecule has 0 atom stereocenters. The molecule has 1 N–H and O–H groups in total. The zero-order chi connectivity index (χ0) is 10.7. The minimum atomic E-state index is 0.656. The van der Waals surface area contributed by atoms with Crippen LogP contribution >= 0.6 is 12.2 Å². The Morgan fingerprint density at radius 1 is 1.27 bits per heavy atom. The van der Waals surface area contributed by atoms with Crippen LogP contribution in [0.1, 0.15) is 12.5 Å². The summed E-state index contributed by atoms with van der Waals surface area (Å²) in [5, 5.41) is 0. The maximum absolute atomic E-state index is 4.94. The van der Waals surface area contributed by atoms with Gasteiger partial charge in [-0.15, -0.1) is 0 Å². The number of H-pyrrole nitrogens is 1. The molecular weight excluding hydrogens is 204 g/mol. The van der Waals surface area contributed by atoms with Crippen LogP contribution in [0.5, 0.6) is 0 Å². The third-order valence-electron chi connectivity index (χ3n) is 2.33. The van der Waals surface area contributed by atoms with Crippen molar-refractivity contribution in [1.29, 1.82) is 0 Å². The maximum Gasteiger partial charge on any atom is 0.121 e. The van der Waals surface area contributed by atoms with E-state index in [4.69, 9.17) is 12.2 Å². The van der Waals surface area contributed by atoms with Crippen LogP contribution in [0, 0.1) is 4.64 Å². The van der Waals surface area contributed by atoms with Gasteiger partial charge in [0.2, 0.25) is 0 Å². The Morgan fingerprint density at radius 2 is 2.00 bits per heavy atom. The number of aryl methyl sites for hydroxylation is 1. The van der Waals surface area contributed by atoms with Gasteiger partial charge in [-0.3, -0.25) is 4.98 Å². The van der Waals surface area contributed by atoms with E-state index in [2.05, 4.69) is 41.2 Å². The summed E-state index contributed by atoms with van der Waals surface area (Å²) >= 11 is 4.94. The number of nitrogens with one attached hydrogen (secondary N) is 1. The van der Waals surface area contributed by atoms with Crippen LogP contribution in [-0.4, -0.2) is 9.97 Å². The monoisotopic (exact) mass is 216 g/mol. The molecule has 0 radical (unpaired) electrons. The Morgan fingerprint density at radius 3 is 2.53 bits per heavy atom. The van der Waals surface area contributed by atoms with Crippen molar-refractivity contribution in [2.45, 2.75) is 13.3 Å². The van der Waals surface area contributed by atoms with Crippen molar-refractivity contribution in [3.8, 4) is 11.3 Å². The number of nitrogens with zero attached hydrogens (tertiary/aromatic N) is 1. The van der Waals surface area contributed by atoms with Gasteiger partial charge >= 0.3 is 0 Å². The number of hydrogen-bond acceptors (Lipinski definition) is 2.